The summed E-state index contributed by atoms with van der Waals surface area (Å²) in [5.41, 5.74) is 8.59. The van der Waals surface area contributed by atoms with Crippen LogP contribution in [-0.4, -0.2) is 31.5 Å². The number of fused-ring (bicyclic) bond motifs is 1. The molecule has 0 aliphatic carbocycles. The quantitative estimate of drug-likeness (QED) is 0.290. The standard InChI is InChI=1S/C21H23N5O3S/c1-2-3-12-30(28,29)26-17-11-7-10-16-20(17)19(25-21(22)23-14-27)13-18(24-16)15-8-5-4-6-9-15/h4-11,13-14,26H,2-3,12H2,1H3,(H3,22,23,24,25,27). The number of carbonyl (C=O) groups is 1. The Morgan fingerprint density at radius 1 is 1.17 bits per heavy atom. The summed E-state index contributed by atoms with van der Waals surface area (Å²) in [4.78, 5) is 19.7. The predicted octanol–water partition coefficient (Wildman–Crippen LogP) is 3.14. The van der Waals surface area contributed by atoms with Crippen LogP contribution in [0.2, 0.25) is 0 Å². The molecule has 0 bridgehead atoms. The molecular formula is C21H23N5O3S. The van der Waals surface area contributed by atoms with Gasteiger partial charge in [-0.05, 0) is 24.6 Å². The molecule has 1 aromatic heterocycles. The van der Waals surface area contributed by atoms with Gasteiger partial charge < -0.3 is 5.73 Å². The van der Waals surface area contributed by atoms with Crippen LogP contribution in [0.1, 0.15) is 19.8 Å². The van der Waals surface area contributed by atoms with Crippen molar-refractivity contribution in [2.75, 3.05) is 10.5 Å². The monoisotopic (exact) mass is 425 g/mol. The summed E-state index contributed by atoms with van der Waals surface area (Å²) in [6.07, 6.45) is 1.74. The molecule has 0 saturated heterocycles. The molecule has 0 unspecified atom stereocenters. The number of rotatable bonds is 8. The summed E-state index contributed by atoms with van der Waals surface area (Å²) in [6.45, 7) is 1.93. The zero-order valence-corrected chi connectivity index (χ0v) is 17.3. The lowest BCUT2D eigenvalue weighted by molar-refractivity contribution is -0.108. The number of hydrogen-bond donors (Lipinski definition) is 3. The largest absolute Gasteiger partial charge is 0.369 e. The van der Waals surface area contributed by atoms with Crippen LogP contribution in [0.25, 0.3) is 22.2 Å². The average molecular weight is 426 g/mol. The summed E-state index contributed by atoms with van der Waals surface area (Å²) >= 11 is 0. The smallest absolute Gasteiger partial charge is 0.232 e. The fourth-order valence-electron chi connectivity index (χ4n) is 2.97. The molecule has 9 heteroatoms. The van der Waals surface area contributed by atoms with Crippen LogP contribution in [0.5, 0.6) is 0 Å². The first-order chi connectivity index (χ1) is 14.4. The van der Waals surface area contributed by atoms with Crippen molar-refractivity contribution >= 4 is 44.7 Å². The van der Waals surface area contributed by atoms with Gasteiger partial charge in [0.1, 0.15) is 0 Å². The molecule has 8 nitrogen and oxygen atoms in total. The molecule has 3 rings (SSSR count). The van der Waals surface area contributed by atoms with Crippen LogP contribution in [-0.2, 0) is 14.8 Å². The number of pyridine rings is 1. The van der Waals surface area contributed by atoms with Crippen LogP contribution in [0.4, 0.5) is 11.4 Å². The van der Waals surface area contributed by atoms with E-state index in [0.717, 1.165) is 12.0 Å². The van der Waals surface area contributed by atoms with Crippen molar-refractivity contribution in [3.8, 4) is 11.3 Å². The lowest BCUT2D eigenvalue weighted by Crippen LogP contribution is -2.29. The highest BCUT2D eigenvalue weighted by Gasteiger charge is 2.16. The van der Waals surface area contributed by atoms with Gasteiger partial charge in [0.15, 0.2) is 5.96 Å². The van der Waals surface area contributed by atoms with Gasteiger partial charge in [0.05, 0.1) is 33.7 Å². The number of nitrogens with zero attached hydrogens (tertiary/aromatic N) is 2. The number of nitrogens with one attached hydrogen (secondary N) is 2. The van der Waals surface area contributed by atoms with Crippen molar-refractivity contribution in [2.45, 2.75) is 19.8 Å². The van der Waals surface area contributed by atoms with Crippen LogP contribution in [0.15, 0.2) is 59.6 Å². The van der Waals surface area contributed by atoms with E-state index in [0.29, 0.717) is 40.8 Å². The van der Waals surface area contributed by atoms with Gasteiger partial charge in [0.25, 0.3) is 0 Å². The van der Waals surface area contributed by atoms with Crippen LogP contribution >= 0.6 is 0 Å². The van der Waals surface area contributed by atoms with Crippen LogP contribution in [0.3, 0.4) is 0 Å². The highest BCUT2D eigenvalue weighted by molar-refractivity contribution is 7.92. The van der Waals surface area contributed by atoms with Gasteiger partial charge >= 0.3 is 0 Å². The number of carbonyl (C=O) groups excluding carboxylic acids is 1. The number of guanidine groups is 1. The third kappa shape index (κ3) is 5.12. The van der Waals surface area contributed by atoms with E-state index in [1.165, 1.54) is 0 Å². The number of unbranched alkanes of at least 4 members (excludes halogenated alkanes) is 1. The molecule has 4 N–H and O–H groups in total. The first-order valence-electron chi connectivity index (χ1n) is 9.47. The second kappa shape index (κ2) is 9.36. The summed E-state index contributed by atoms with van der Waals surface area (Å²) in [6, 6.07) is 16.4. The van der Waals surface area contributed by atoms with Crippen molar-refractivity contribution in [3.05, 3.63) is 54.6 Å². The molecule has 156 valence electrons. The number of aliphatic imine (C=N–C) groups is 1. The second-order valence-corrected chi connectivity index (χ2v) is 8.47. The average Bonchev–Trinajstić information content (AvgIpc) is 2.72. The molecule has 1 amide bonds. The molecule has 0 aliphatic rings. The van der Waals surface area contributed by atoms with E-state index in [1.807, 2.05) is 37.3 Å². The van der Waals surface area contributed by atoms with Crippen molar-refractivity contribution in [3.63, 3.8) is 0 Å². The summed E-state index contributed by atoms with van der Waals surface area (Å²) < 4.78 is 27.6. The van der Waals surface area contributed by atoms with Gasteiger partial charge in [-0.2, -0.15) is 0 Å². The maximum atomic E-state index is 12.5. The van der Waals surface area contributed by atoms with Crippen molar-refractivity contribution in [1.82, 2.24) is 10.3 Å². The lowest BCUT2D eigenvalue weighted by atomic mass is 10.1. The Labute approximate surface area is 175 Å². The van der Waals surface area contributed by atoms with Gasteiger partial charge in [-0.1, -0.05) is 49.7 Å². The maximum Gasteiger partial charge on any atom is 0.232 e. The number of nitrogens with two attached hydrogens (primary N) is 1. The Morgan fingerprint density at radius 3 is 2.63 bits per heavy atom. The fourth-order valence-corrected chi connectivity index (χ4v) is 4.25. The molecule has 30 heavy (non-hydrogen) atoms. The lowest BCUT2D eigenvalue weighted by Gasteiger charge is -2.13. The Bertz CT molecular complexity index is 1180. The van der Waals surface area contributed by atoms with E-state index in [-0.39, 0.29) is 11.7 Å². The normalized spacial score (nSPS) is 12.0. The van der Waals surface area contributed by atoms with E-state index in [4.69, 9.17) is 5.73 Å². The molecular weight excluding hydrogens is 402 g/mol. The Hall–Kier alpha value is -3.46. The highest BCUT2D eigenvalue weighted by Crippen LogP contribution is 2.35. The number of hydrogen-bond acceptors (Lipinski definition) is 5. The zero-order chi connectivity index (χ0) is 21.6. The molecule has 3 aromatic rings. The predicted molar refractivity (Wildman–Crippen MR) is 120 cm³/mol. The van der Waals surface area contributed by atoms with Gasteiger partial charge in [0, 0.05) is 5.56 Å². The first kappa shape index (κ1) is 21.3. The Kier molecular flexibility index (Phi) is 6.63. The molecule has 1 heterocycles. The molecule has 0 atom stereocenters. The molecule has 0 radical (unpaired) electrons. The molecule has 0 fully saturated rings. The number of amides is 1. The Morgan fingerprint density at radius 2 is 1.93 bits per heavy atom. The van der Waals surface area contributed by atoms with E-state index in [2.05, 4.69) is 20.0 Å². The number of sulfonamides is 1. The van der Waals surface area contributed by atoms with E-state index in [1.54, 1.807) is 24.3 Å². The van der Waals surface area contributed by atoms with Crippen LogP contribution in [0, 0.1) is 0 Å². The second-order valence-electron chi connectivity index (χ2n) is 6.63. The SMILES string of the molecule is CCCCS(=O)(=O)Nc1cccc2nc(-c3ccccc3)cc(N=C(N)NC=O)c12. The van der Waals surface area contributed by atoms with Gasteiger partial charge in [-0.25, -0.2) is 18.4 Å². The maximum absolute atomic E-state index is 12.5. The minimum absolute atomic E-state index is 0.0167. The van der Waals surface area contributed by atoms with Crippen molar-refractivity contribution in [1.29, 1.82) is 0 Å². The minimum Gasteiger partial charge on any atom is -0.369 e. The minimum atomic E-state index is -3.54. The Balaban J connectivity index is 2.20. The first-order valence-corrected chi connectivity index (χ1v) is 11.1. The number of anilines is 1. The fraction of sp³-hybridized carbons (Fsp3) is 0.190. The van der Waals surface area contributed by atoms with Gasteiger partial charge in [-0.3, -0.25) is 14.8 Å². The van der Waals surface area contributed by atoms with E-state index in [9.17, 15) is 13.2 Å². The highest BCUT2D eigenvalue weighted by atomic mass is 32.2. The summed E-state index contributed by atoms with van der Waals surface area (Å²) in [5.74, 6) is -0.0942. The number of aromatic nitrogens is 1. The molecule has 2 aromatic carbocycles. The van der Waals surface area contributed by atoms with Crippen LogP contribution < -0.4 is 15.8 Å². The van der Waals surface area contributed by atoms with E-state index >= 15 is 0 Å². The summed E-state index contributed by atoms with van der Waals surface area (Å²) in [7, 11) is -3.54. The number of benzene rings is 2. The molecule has 0 spiro atoms. The zero-order valence-electron chi connectivity index (χ0n) is 16.5. The summed E-state index contributed by atoms with van der Waals surface area (Å²) in [5, 5.41) is 2.80. The third-order valence-corrected chi connectivity index (χ3v) is 5.72. The third-order valence-electron chi connectivity index (χ3n) is 4.36. The van der Waals surface area contributed by atoms with Crippen molar-refractivity contribution < 1.29 is 13.2 Å². The van der Waals surface area contributed by atoms with Crippen molar-refractivity contribution in [2.24, 2.45) is 10.7 Å². The molecule has 0 aliphatic heterocycles. The van der Waals surface area contributed by atoms with E-state index < -0.39 is 10.0 Å². The van der Waals surface area contributed by atoms with Gasteiger partial charge in [-0.15, -0.1) is 0 Å². The topological polar surface area (TPSA) is 127 Å². The molecule has 0 saturated carbocycles. The van der Waals surface area contributed by atoms with Gasteiger partial charge in [0.2, 0.25) is 16.4 Å².